The number of alkyl halides is 2. The number of nitrogens with zero attached hydrogens (tertiary/aromatic N) is 1. The van der Waals surface area contributed by atoms with Crippen LogP contribution in [0.5, 0.6) is 0 Å². The monoisotopic (exact) mass is 542 g/mol. The lowest BCUT2D eigenvalue weighted by atomic mass is 10.1. The molecule has 1 fully saturated rings. The normalized spacial score (nSPS) is 18.5. The number of nitrogens with two attached hydrogens (primary N) is 1. The maximum atomic E-state index is 12.9. The highest BCUT2D eigenvalue weighted by molar-refractivity contribution is 6.53. The summed E-state index contributed by atoms with van der Waals surface area (Å²) in [5, 5.41) is 6.33. The van der Waals surface area contributed by atoms with E-state index in [1.807, 2.05) is 0 Å². The van der Waals surface area contributed by atoms with Crippen molar-refractivity contribution in [2.75, 3.05) is 16.4 Å². The summed E-state index contributed by atoms with van der Waals surface area (Å²) in [6.07, 6.45) is 2.90. The molecule has 2 amide bonds. The Labute approximate surface area is 214 Å². The smallest absolute Gasteiger partial charge is 0.257 e. The fourth-order valence-electron chi connectivity index (χ4n) is 3.50. The Balaban J connectivity index is 1.50. The number of carbonyl (C=O) groups is 2. The third-order valence-corrected chi connectivity index (χ3v) is 7.14. The second-order valence-electron chi connectivity index (χ2n) is 7.45. The molecular formula is C22H15Cl5N4O2. The molecule has 0 bridgehead atoms. The van der Waals surface area contributed by atoms with Gasteiger partial charge in [0.05, 0.1) is 44.1 Å². The van der Waals surface area contributed by atoms with Gasteiger partial charge in [-0.3, -0.25) is 14.6 Å². The van der Waals surface area contributed by atoms with Crippen molar-refractivity contribution in [3.05, 3.63) is 81.1 Å². The summed E-state index contributed by atoms with van der Waals surface area (Å²) in [5.41, 5.74) is 7.68. The third-order valence-electron chi connectivity index (χ3n) is 5.13. The van der Waals surface area contributed by atoms with Crippen molar-refractivity contribution in [2.45, 2.75) is 10.3 Å². The number of nitrogens with one attached hydrogen (secondary N) is 2. The molecule has 2 atom stereocenters. The predicted molar refractivity (Wildman–Crippen MR) is 134 cm³/mol. The van der Waals surface area contributed by atoms with Crippen LogP contribution in [0.15, 0.2) is 54.9 Å². The summed E-state index contributed by atoms with van der Waals surface area (Å²) in [5.74, 6) is -2.11. The standard InChI is InChI=1S/C22H15Cl5N4O2/c23-15-4-2-12(7-14(15)20(32)31-13-6-11(28)8-29-9-13)30-21(33)19-18(22(19,26)27)10-1-3-16(24)17(25)5-10/h1-9,18-19H,28H2,(H,30,33)(H,31,32)/t18-,19+/m0/s1. The number of nitrogen functional groups attached to an aromatic ring is 1. The Hall–Kier alpha value is -2.22. The number of aromatic nitrogens is 1. The van der Waals surface area contributed by atoms with Crippen molar-refractivity contribution in [1.82, 2.24) is 4.98 Å². The SMILES string of the molecule is Nc1cncc(NC(=O)c2cc(NC(=O)[C@H]3[C@H](c4ccc(Cl)c(Cl)c4)C3(Cl)Cl)ccc2Cl)c1. The molecule has 1 aromatic heterocycles. The molecule has 1 heterocycles. The van der Waals surface area contributed by atoms with Crippen LogP contribution < -0.4 is 16.4 Å². The molecule has 0 spiro atoms. The van der Waals surface area contributed by atoms with Gasteiger partial charge < -0.3 is 16.4 Å². The second kappa shape index (κ2) is 9.20. The molecule has 1 aliphatic carbocycles. The number of halogens is 5. The van der Waals surface area contributed by atoms with Crippen LogP contribution in [-0.2, 0) is 4.79 Å². The average molecular weight is 545 g/mol. The average Bonchev–Trinajstić information content (AvgIpc) is 3.33. The number of hydrogen-bond donors (Lipinski definition) is 3. The van der Waals surface area contributed by atoms with Gasteiger partial charge in [-0.1, -0.05) is 40.9 Å². The highest BCUT2D eigenvalue weighted by Crippen LogP contribution is 2.65. The van der Waals surface area contributed by atoms with Gasteiger partial charge in [0.1, 0.15) is 4.33 Å². The first-order valence-corrected chi connectivity index (χ1v) is 11.4. The lowest BCUT2D eigenvalue weighted by molar-refractivity contribution is -0.117. The van der Waals surface area contributed by atoms with E-state index >= 15 is 0 Å². The van der Waals surface area contributed by atoms with Crippen LogP contribution in [0.1, 0.15) is 21.8 Å². The van der Waals surface area contributed by atoms with E-state index in [9.17, 15) is 9.59 Å². The van der Waals surface area contributed by atoms with Gasteiger partial charge in [-0.05, 0) is 42.0 Å². The number of rotatable bonds is 5. The summed E-state index contributed by atoms with van der Waals surface area (Å²) in [4.78, 5) is 29.5. The molecule has 0 saturated heterocycles. The Bertz CT molecular complexity index is 1270. The molecule has 4 N–H and O–H groups in total. The summed E-state index contributed by atoms with van der Waals surface area (Å²) in [6.45, 7) is 0. The van der Waals surface area contributed by atoms with E-state index < -0.39 is 28.0 Å². The minimum Gasteiger partial charge on any atom is -0.397 e. The molecule has 11 heteroatoms. The van der Waals surface area contributed by atoms with E-state index in [4.69, 9.17) is 63.7 Å². The molecule has 6 nitrogen and oxygen atoms in total. The first-order chi connectivity index (χ1) is 15.6. The van der Waals surface area contributed by atoms with Crippen LogP contribution in [-0.4, -0.2) is 21.1 Å². The predicted octanol–water partition coefficient (Wildman–Crippen LogP) is 6.40. The largest absolute Gasteiger partial charge is 0.397 e. The first kappa shape index (κ1) is 23.9. The van der Waals surface area contributed by atoms with Gasteiger partial charge in [0, 0.05) is 17.8 Å². The van der Waals surface area contributed by atoms with Gasteiger partial charge in [0.15, 0.2) is 0 Å². The van der Waals surface area contributed by atoms with Crippen molar-refractivity contribution in [1.29, 1.82) is 0 Å². The highest BCUT2D eigenvalue weighted by Gasteiger charge is 2.67. The number of carbonyl (C=O) groups excluding carboxylic acids is 2. The minimum atomic E-state index is -1.31. The minimum absolute atomic E-state index is 0.150. The topological polar surface area (TPSA) is 97.1 Å². The van der Waals surface area contributed by atoms with E-state index in [0.717, 1.165) is 0 Å². The van der Waals surface area contributed by atoms with Gasteiger partial charge >= 0.3 is 0 Å². The van der Waals surface area contributed by atoms with Gasteiger partial charge in [-0.25, -0.2) is 0 Å². The van der Waals surface area contributed by atoms with Crippen LogP contribution in [0.3, 0.4) is 0 Å². The molecular weight excluding hydrogens is 530 g/mol. The van der Waals surface area contributed by atoms with Crippen LogP contribution in [0.25, 0.3) is 0 Å². The summed E-state index contributed by atoms with van der Waals surface area (Å²) >= 11 is 31.0. The summed E-state index contributed by atoms with van der Waals surface area (Å²) < 4.78 is -1.31. The molecule has 170 valence electrons. The van der Waals surface area contributed by atoms with Crippen LogP contribution >= 0.6 is 58.0 Å². The lowest BCUT2D eigenvalue weighted by Crippen LogP contribution is -2.18. The lowest BCUT2D eigenvalue weighted by Gasteiger charge is -2.10. The number of amides is 2. The van der Waals surface area contributed by atoms with Crippen LogP contribution in [0, 0.1) is 5.92 Å². The van der Waals surface area contributed by atoms with Crippen LogP contribution in [0.4, 0.5) is 17.1 Å². The van der Waals surface area contributed by atoms with Crippen molar-refractivity contribution in [3.63, 3.8) is 0 Å². The molecule has 0 radical (unpaired) electrons. The van der Waals surface area contributed by atoms with Crippen molar-refractivity contribution in [2.24, 2.45) is 5.92 Å². The quantitative estimate of drug-likeness (QED) is 0.324. The molecule has 1 saturated carbocycles. The van der Waals surface area contributed by atoms with Gasteiger partial charge in [-0.2, -0.15) is 0 Å². The Morgan fingerprint density at radius 2 is 1.61 bits per heavy atom. The fourth-order valence-corrected chi connectivity index (χ4v) is 4.83. The van der Waals surface area contributed by atoms with E-state index in [-0.39, 0.29) is 10.6 Å². The molecule has 4 rings (SSSR count). The Kier molecular flexibility index (Phi) is 6.67. The van der Waals surface area contributed by atoms with E-state index in [2.05, 4.69) is 15.6 Å². The van der Waals surface area contributed by atoms with Crippen LogP contribution in [0.2, 0.25) is 15.1 Å². The zero-order valence-electron chi connectivity index (χ0n) is 16.6. The number of anilines is 3. The van der Waals surface area contributed by atoms with E-state index in [1.165, 1.54) is 24.5 Å². The maximum absolute atomic E-state index is 12.9. The van der Waals surface area contributed by atoms with Crippen molar-refractivity contribution < 1.29 is 9.59 Å². The number of pyridine rings is 1. The Morgan fingerprint density at radius 3 is 2.30 bits per heavy atom. The Morgan fingerprint density at radius 1 is 0.879 bits per heavy atom. The molecule has 0 unspecified atom stereocenters. The molecule has 3 aromatic rings. The molecule has 2 aromatic carbocycles. The fraction of sp³-hybridized carbons (Fsp3) is 0.136. The molecule has 33 heavy (non-hydrogen) atoms. The summed E-state index contributed by atoms with van der Waals surface area (Å²) in [7, 11) is 0. The zero-order chi connectivity index (χ0) is 23.9. The van der Waals surface area contributed by atoms with Crippen molar-refractivity contribution >= 4 is 86.9 Å². The second-order valence-corrected chi connectivity index (χ2v) is 10.1. The highest BCUT2D eigenvalue weighted by atomic mass is 35.5. The van der Waals surface area contributed by atoms with Crippen molar-refractivity contribution in [3.8, 4) is 0 Å². The van der Waals surface area contributed by atoms with E-state index in [1.54, 1.807) is 30.3 Å². The zero-order valence-corrected chi connectivity index (χ0v) is 20.4. The molecule has 1 aliphatic rings. The number of benzene rings is 2. The van der Waals surface area contributed by atoms with Gasteiger partial charge in [0.2, 0.25) is 5.91 Å². The third kappa shape index (κ3) is 5.00. The summed E-state index contributed by atoms with van der Waals surface area (Å²) in [6, 6.07) is 11.1. The molecule has 0 aliphatic heterocycles. The van der Waals surface area contributed by atoms with E-state index in [0.29, 0.717) is 32.7 Å². The number of hydrogen-bond acceptors (Lipinski definition) is 4. The van der Waals surface area contributed by atoms with Gasteiger partial charge in [0.25, 0.3) is 5.91 Å². The maximum Gasteiger partial charge on any atom is 0.257 e. The van der Waals surface area contributed by atoms with Gasteiger partial charge in [-0.15, -0.1) is 23.2 Å². The first-order valence-electron chi connectivity index (χ1n) is 9.53.